The molecular formula is C17H22N4O4. The van der Waals surface area contributed by atoms with Crippen LogP contribution >= 0.6 is 0 Å². The van der Waals surface area contributed by atoms with Crippen molar-refractivity contribution < 1.29 is 18.8 Å². The Balaban J connectivity index is 1.91. The van der Waals surface area contributed by atoms with E-state index in [4.69, 9.17) is 9.26 Å². The van der Waals surface area contributed by atoms with Crippen LogP contribution in [0.2, 0.25) is 0 Å². The van der Waals surface area contributed by atoms with Gasteiger partial charge in [0.1, 0.15) is 11.7 Å². The number of aromatic nitrogens is 3. The van der Waals surface area contributed by atoms with Gasteiger partial charge in [-0.1, -0.05) is 31.5 Å². The molecule has 8 heteroatoms. The highest BCUT2D eigenvalue weighted by Gasteiger charge is 2.26. The molecule has 2 heterocycles. The van der Waals surface area contributed by atoms with Crippen LogP contribution in [0, 0.1) is 5.92 Å². The largest absolute Gasteiger partial charge is 0.467 e. The molecule has 0 aliphatic carbocycles. The molecule has 8 nitrogen and oxygen atoms in total. The lowest BCUT2D eigenvalue weighted by Crippen LogP contribution is -2.45. The summed E-state index contributed by atoms with van der Waals surface area (Å²) >= 11 is 0. The maximum absolute atomic E-state index is 12.1. The van der Waals surface area contributed by atoms with Gasteiger partial charge >= 0.3 is 5.97 Å². The van der Waals surface area contributed by atoms with Crippen molar-refractivity contribution >= 4 is 11.9 Å². The summed E-state index contributed by atoms with van der Waals surface area (Å²) in [6.07, 6.45) is 2.80. The van der Waals surface area contributed by atoms with E-state index in [1.165, 1.54) is 7.11 Å². The first-order chi connectivity index (χ1) is 12.0. The van der Waals surface area contributed by atoms with Gasteiger partial charge in [-0.05, 0) is 18.1 Å². The average molecular weight is 346 g/mol. The summed E-state index contributed by atoms with van der Waals surface area (Å²) in [5.74, 6) is -0.0150. The van der Waals surface area contributed by atoms with Gasteiger partial charge in [-0.15, -0.1) is 0 Å². The van der Waals surface area contributed by atoms with Gasteiger partial charge in [0.25, 0.3) is 0 Å². The van der Waals surface area contributed by atoms with E-state index in [0.717, 1.165) is 6.42 Å². The molecule has 0 bridgehead atoms. The number of nitrogens with one attached hydrogen (secondary N) is 1. The minimum Gasteiger partial charge on any atom is -0.467 e. The molecule has 0 spiro atoms. The molecule has 0 aromatic carbocycles. The van der Waals surface area contributed by atoms with Crippen molar-refractivity contribution in [2.75, 3.05) is 7.11 Å². The molecule has 2 rings (SSSR count). The van der Waals surface area contributed by atoms with E-state index in [1.807, 2.05) is 19.9 Å². The standard InChI is InChI=1S/C17H22N4O4/c1-4-11(2)15(17(23)24-3)19-13(22)8-9-14-20-16(21-25-14)12-7-5-6-10-18-12/h5-7,10-11,15H,4,8-9H2,1-3H3,(H,19,22). The predicted molar refractivity (Wildman–Crippen MR) is 89.3 cm³/mol. The van der Waals surface area contributed by atoms with Crippen LogP contribution in [0.3, 0.4) is 0 Å². The second kappa shape index (κ2) is 8.91. The van der Waals surface area contributed by atoms with Crippen molar-refractivity contribution in [3.8, 4) is 11.5 Å². The molecule has 0 aliphatic rings. The molecule has 0 saturated heterocycles. The quantitative estimate of drug-likeness (QED) is 0.726. The van der Waals surface area contributed by atoms with Crippen LogP contribution in [0.15, 0.2) is 28.9 Å². The molecule has 134 valence electrons. The lowest BCUT2D eigenvalue weighted by Gasteiger charge is -2.21. The molecule has 1 amide bonds. The minimum atomic E-state index is -0.658. The lowest BCUT2D eigenvalue weighted by molar-refractivity contribution is -0.146. The number of hydrogen-bond donors (Lipinski definition) is 1. The molecular weight excluding hydrogens is 324 g/mol. The Morgan fingerprint density at radius 2 is 2.16 bits per heavy atom. The number of hydrogen-bond acceptors (Lipinski definition) is 7. The number of amides is 1. The summed E-state index contributed by atoms with van der Waals surface area (Å²) in [6, 6.07) is 4.74. The Bertz CT molecular complexity index is 702. The van der Waals surface area contributed by atoms with E-state index in [9.17, 15) is 9.59 Å². The van der Waals surface area contributed by atoms with E-state index in [0.29, 0.717) is 17.4 Å². The number of carbonyl (C=O) groups is 2. The third-order valence-corrected chi connectivity index (χ3v) is 3.91. The number of esters is 1. The minimum absolute atomic E-state index is 0.0180. The van der Waals surface area contributed by atoms with E-state index in [-0.39, 0.29) is 24.7 Å². The highest BCUT2D eigenvalue weighted by Crippen LogP contribution is 2.13. The molecule has 0 saturated carbocycles. The van der Waals surface area contributed by atoms with Gasteiger partial charge in [-0.3, -0.25) is 9.78 Å². The zero-order chi connectivity index (χ0) is 18.2. The Morgan fingerprint density at radius 1 is 1.36 bits per heavy atom. The summed E-state index contributed by atoms with van der Waals surface area (Å²) in [5, 5.41) is 6.57. The van der Waals surface area contributed by atoms with Crippen LogP contribution in [-0.4, -0.2) is 40.2 Å². The van der Waals surface area contributed by atoms with Crippen LogP contribution in [-0.2, 0) is 20.7 Å². The lowest BCUT2D eigenvalue weighted by atomic mass is 9.99. The van der Waals surface area contributed by atoms with Gasteiger partial charge in [0, 0.05) is 19.0 Å². The van der Waals surface area contributed by atoms with Crippen molar-refractivity contribution in [2.45, 2.75) is 39.2 Å². The summed E-state index contributed by atoms with van der Waals surface area (Å²) in [4.78, 5) is 32.3. The number of methoxy groups -OCH3 is 1. The molecule has 2 atom stereocenters. The van der Waals surface area contributed by atoms with Crippen LogP contribution in [0.5, 0.6) is 0 Å². The smallest absolute Gasteiger partial charge is 0.328 e. The molecule has 0 fully saturated rings. The molecule has 25 heavy (non-hydrogen) atoms. The number of ether oxygens (including phenoxy) is 1. The number of nitrogens with zero attached hydrogens (tertiary/aromatic N) is 3. The first-order valence-corrected chi connectivity index (χ1v) is 8.16. The number of carbonyl (C=O) groups excluding carboxylic acids is 2. The fraction of sp³-hybridized carbons (Fsp3) is 0.471. The van der Waals surface area contributed by atoms with E-state index < -0.39 is 12.0 Å². The average Bonchev–Trinajstić information content (AvgIpc) is 3.13. The fourth-order valence-corrected chi connectivity index (χ4v) is 2.22. The highest BCUT2D eigenvalue weighted by molar-refractivity contribution is 5.84. The van der Waals surface area contributed by atoms with Gasteiger partial charge in [-0.25, -0.2) is 4.79 Å². The van der Waals surface area contributed by atoms with E-state index >= 15 is 0 Å². The zero-order valence-electron chi connectivity index (χ0n) is 14.6. The Labute approximate surface area is 146 Å². The van der Waals surface area contributed by atoms with Crippen LogP contribution in [0.4, 0.5) is 0 Å². The van der Waals surface area contributed by atoms with Crippen molar-refractivity contribution in [2.24, 2.45) is 5.92 Å². The maximum atomic E-state index is 12.1. The van der Waals surface area contributed by atoms with Crippen molar-refractivity contribution in [1.82, 2.24) is 20.4 Å². The number of pyridine rings is 1. The molecule has 0 aliphatic heterocycles. The molecule has 2 aromatic heterocycles. The number of aryl methyl sites for hydroxylation is 1. The van der Waals surface area contributed by atoms with Gasteiger partial charge in [0.15, 0.2) is 0 Å². The summed E-state index contributed by atoms with van der Waals surface area (Å²) in [6.45, 7) is 3.84. The van der Waals surface area contributed by atoms with Crippen LogP contribution in [0.1, 0.15) is 32.6 Å². The summed E-state index contributed by atoms with van der Waals surface area (Å²) < 4.78 is 9.89. The second-order valence-corrected chi connectivity index (χ2v) is 5.68. The van der Waals surface area contributed by atoms with Crippen molar-refractivity contribution in [3.05, 3.63) is 30.3 Å². The van der Waals surface area contributed by atoms with Gasteiger partial charge < -0.3 is 14.6 Å². The van der Waals surface area contributed by atoms with E-state index in [1.54, 1.807) is 18.3 Å². The topological polar surface area (TPSA) is 107 Å². The van der Waals surface area contributed by atoms with Gasteiger partial charge in [-0.2, -0.15) is 4.98 Å². The van der Waals surface area contributed by atoms with E-state index in [2.05, 4.69) is 20.4 Å². The summed E-state index contributed by atoms with van der Waals surface area (Å²) in [7, 11) is 1.31. The van der Waals surface area contributed by atoms with Gasteiger partial charge in [0.2, 0.25) is 17.6 Å². The monoisotopic (exact) mass is 346 g/mol. The second-order valence-electron chi connectivity index (χ2n) is 5.68. The van der Waals surface area contributed by atoms with Gasteiger partial charge in [0.05, 0.1) is 7.11 Å². The Hall–Kier alpha value is -2.77. The number of rotatable bonds is 8. The Morgan fingerprint density at radius 3 is 2.80 bits per heavy atom. The van der Waals surface area contributed by atoms with Crippen molar-refractivity contribution in [3.63, 3.8) is 0 Å². The SMILES string of the molecule is CCC(C)C(NC(=O)CCc1nc(-c2ccccn2)no1)C(=O)OC. The molecule has 1 N–H and O–H groups in total. The fourth-order valence-electron chi connectivity index (χ4n) is 2.22. The van der Waals surface area contributed by atoms with Crippen molar-refractivity contribution in [1.29, 1.82) is 0 Å². The zero-order valence-corrected chi connectivity index (χ0v) is 14.6. The third kappa shape index (κ3) is 5.10. The Kier molecular flexibility index (Phi) is 6.62. The normalized spacial score (nSPS) is 13.1. The molecule has 2 aromatic rings. The molecule has 2 unspecified atom stereocenters. The third-order valence-electron chi connectivity index (χ3n) is 3.91. The van der Waals surface area contributed by atoms with Crippen LogP contribution in [0.25, 0.3) is 11.5 Å². The van der Waals surface area contributed by atoms with Crippen LogP contribution < -0.4 is 5.32 Å². The summed E-state index contributed by atoms with van der Waals surface area (Å²) in [5.41, 5.74) is 0.601. The first-order valence-electron chi connectivity index (χ1n) is 8.16. The predicted octanol–water partition coefficient (Wildman–Crippen LogP) is 1.77. The molecule has 0 radical (unpaired) electrons. The highest BCUT2D eigenvalue weighted by atomic mass is 16.5. The first kappa shape index (κ1) is 18.6. The maximum Gasteiger partial charge on any atom is 0.328 e.